The average molecular weight is 255 g/mol. The lowest BCUT2D eigenvalue weighted by atomic mass is 10.1. The lowest BCUT2D eigenvalue weighted by molar-refractivity contribution is 0.0925. The molecule has 1 aliphatic heterocycles. The second-order valence-electron chi connectivity index (χ2n) is 4.00. The van der Waals surface area contributed by atoms with Gasteiger partial charge in [-0.25, -0.2) is 4.90 Å². The molecule has 0 spiro atoms. The quantitative estimate of drug-likeness (QED) is 0.714. The summed E-state index contributed by atoms with van der Waals surface area (Å²) >= 11 is 0. The van der Waals surface area contributed by atoms with Crippen molar-refractivity contribution in [3.8, 4) is 0 Å². The van der Waals surface area contributed by atoms with Gasteiger partial charge >= 0.3 is 0 Å². The average Bonchev–Trinajstić information content (AvgIpc) is 2.61. The molecule has 2 heterocycles. The highest BCUT2D eigenvalue weighted by molar-refractivity contribution is 6.34. The fourth-order valence-corrected chi connectivity index (χ4v) is 1.98. The number of nitrogen functional groups attached to an aromatic ring is 2. The largest absolute Gasteiger partial charge is 0.383 e. The summed E-state index contributed by atoms with van der Waals surface area (Å²) in [4.78, 5) is 32.9. The first-order valence-corrected chi connectivity index (χ1v) is 5.46. The van der Waals surface area contributed by atoms with Gasteiger partial charge in [0.05, 0.1) is 11.1 Å². The number of rotatable bonds is 1. The molecule has 4 N–H and O–H groups in total. The third kappa shape index (κ3) is 1.60. The molecule has 2 amide bonds. The molecule has 0 aliphatic carbocycles. The van der Waals surface area contributed by atoms with E-state index in [1.54, 1.807) is 24.3 Å². The van der Waals surface area contributed by atoms with Gasteiger partial charge in [0, 0.05) is 6.07 Å². The van der Waals surface area contributed by atoms with Gasteiger partial charge in [-0.2, -0.15) is 9.97 Å². The van der Waals surface area contributed by atoms with E-state index in [2.05, 4.69) is 9.97 Å². The fraction of sp³-hybridized carbons (Fsp3) is 0. The number of fused-ring (bicyclic) bond motifs is 1. The number of anilines is 3. The molecule has 0 saturated heterocycles. The maximum absolute atomic E-state index is 12.2. The number of benzene rings is 1. The van der Waals surface area contributed by atoms with Gasteiger partial charge in [0.1, 0.15) is 11.6 Å². The summed E-state index contributed by atoms with van der Waals surface area (Å²) in [6.45, 7) is 0. The molecule has 19 heavy (non-hydrogen) atoms. The second kappa shape index (κ2) is 3.77. The maximum Gasteiger partial charge on any atom is 0.267 e. The molecule has 1 aromatic heterocycles. The van der Waals surface area contributed by atoms with Gasteiger partial charge in [-0.05, 0) is 12.1 Å². The molecule has 1 aromatic carbocycles. The Kier molecular flexibility index (Phi) is 2.21. The number of aromatic nitrogens is 2. The molecule has 0 bridgehead atoms. The number of nitrogens with two attached hydrogens (primary N) is 2. The van der Waals surface area contributed by atoms with Crippen LogP contribution in [0, 0.1) is 0 Å². The highest BCUT2D eigenvalue weighted by Gasteiger charge is 2.37. The number of amides is 2. The van der Waals surface area contributed by atoms with Crippen molar-refractivity contribution in [1.29, 1.82) is 0 Å². The highest BCUT2D eigenvalue weighted by Crippen LogP contribution is 2.27. The van der Waals surface area contributed by atoms with Crippen molar-refractivity contribution in [2.24, 2.45) is 0 Å². The van der Waals surface area contributed by atoms with E-state index in [4.69, 9.17) is 11.5 Å². The lowest BCUT2D eigenvalue weighted by Gasteiger charge is -2.13. The van der Waals surface area contributed by atoms with Crippen LogP contribution in [0.1, 0.15) is 20.7 Å². The van der Waals surface area contributed by atoms with E-state index in [1.807, 2.05) is 0 Å². The Balaban J connectivity index is 2.14. The molecule has 7 heteroatoms. The van der Waals surface area contributed by atoms with Crippen LogP contribution in [0.5, 0.6) is 0 Å². The van der Waals surface area contributed by atoms with Gasteiger partial charge < -0.3 is 11.5 Å². The minimum Gasteiger partial charge on any atom is -0.383 e. The molecular formula is C12H9N5O2. The molecule has 94 valence electrons. The minimum absolute atomic E-state index is 0.0798. The summed E-state index contributed by atoms with van der Waals surface area (Å²) in [7, 11) is 0. The summed E-state index contributed by atoms with van der Waals surface area (Å²) < 4.78 is 0. The zero-order valence-corrected chi connectivity index (χ0v) is 9.70. The van der Waals surface area contributed by atoms with Gasteiger partial charge in [-0.15, -0.1) is 0 Å². The molecule has 0 atom stereocenters. The summed E-state index contributed by atoms with van der Waals surface area (Å²) in [5.74, 6) is -0.807. The maximum atomic E-state index is 12.2. The first-order chi connectivity index (χ1) is 9.08. The minimum atomic E-state index is -0.446. The zero-order valence-electron chi connectivity index (χ0n) is 9.70. The van der Waals surface area contributed by atoms with E-state index in [0.717, 1.165) is 4.90 Å². The van der Waals surface area contributed by atoms with Crippen molar-refractivity contribution in [3.63, 3.8) is 0 Å². The van der Waals surface area contributed by atoms with Crippen LogP contribution in [0.4, 0.5) is 17.6 Å². The summed E-state index contributed by atoms with van der Waals surface area (Å²) in [5.41, 5.74) is 11.7. The van der Waals surface area contributed by atoms with Crippen LogP contribution in [0.2, 0.25) is 0 Å². The van der Waals surface area contributed by atoms with Crippen LogP contribution < -0.4 is 16.4 Å². The van der Waals surface area contributed by atoms with Gasteiger partial charge in [0.15, 0.2) is 0 Å². The topological polar surface area (TPSA) is 115 Å². The first kappa shape index (κ1) is 11.1. The number of carbonyl (C=O) groups is 2. The van der Waals surface area contributed by atoms with Crippen molar-refractivity contribution in [1.82, 2.24) is 9.97 Å². The van der Waals surface area contributed by atoms with E-state index >= 15 is 0 Å². The predicted octanol–water partition coefficient (Wildman–Crippen LogP) is 0.442. The van der Waals surface area contributed by atoms with E-state index in [1.165, 1.54) is 6.07 Å². The first-order valence-electron chi connectivity index (χ1n) is 5.46. The fourth-order valence-electron chi connectivity index (χ4n) is 1.98. The van der Waals surface area contributed by atoms with Crippen molar-refractivity contribution in [3.05, 3.63) is 41.5 Å². The Morgan fingerprint density at radius 2 is 1.53 bits per heavy atom. The van der Waals surface area contributed by atoms with E-state index in [9.17, 15) is 9.59 Å². The van der Waals surface area contributed by atoms with Crippen LogP contribution in [-0.2, 0) is 0 Å². The number of nitrogens with zero attached hydrogens (tertiary/aromatic N) is 3. The number of hydrogen-bond acceptors (Lipinski definition) is 6. The molecule has 0 fully saturated rings. The number of hydrogen-bond donors (Lipinski definition) is 2. The summed E-state index contributed by atoms with van der Waals surface area (Å²) in [5, 5.41) is 0. The Bertz CT molecular complexity index is 658. The molecule has 3 rings (SSSR count). The molecule has 2 aromatic rings. The van der Waals surface area contributed by atoms with Crippen molar-refractivity contribution in [2.75, 3.05) is 16.4 Å². The summed E-state index contributed by atoms with van der Waals surface area (Å²) in [6, 6.07) is 7.89. The Labute approximate surface area is 107 Å². The third-order valence-electron chi connectivity index (χ3n) is 2.77. The van der Waals surface area contributed by atoms with Crippen LogP contribution >= 0.6 is 0 Å². The normalized spacial score (nSPS) is 13.8. The SMILES string of the molecule is Nc1cc(N2C(=O)c3ccccc3C2=O)nc(N)n1. The van der Waals surface area contributed by atoms with Gasteiger partial charge in [0.25, 0.3) is 11.8 Å². The van der Waals surface area contributed by atoms with Crippen molar-refractivity contribution in [2.45, 2.75) is 0 Å². The van der Waals surface area contributed by atoms with Crippen LogP contribution in [0.3, 0.4) is 0 Å². The zero-order chi connectivity index (χ0) is 13.6. The van der Waals surface area contributed by atoms with Crippen LogP contribution in [-0.4, -0.2) is 21.8 Å². The molecule has 0 saturated carbocycles. The Hall–Kier alpha value is -2.96. The third-order valence-corrected chi connectivity index (χ3v) is 2.77. The van der Waals surface area contributed by atoms with Gasteiger partial charge in [0.2, 0.25) is 5.95 Å². The van der Waals surface area contributed by atoms with Crippen molar-refractivity contribution < 1.29 is 9.59 Å². The lowest BCUT2D eigenvalue weighted by Crippen LogP contribution is -2.30. The molecule has 0 radical (unpaired) electrons. The Morgan fingerprint density at radius 1 is 0.947 bits per heavy atom. The van der Waals surface area contributed by atoms with E-state index in [0.29, 0.717) is 11.1 Å². The smallest absolute Gasteiger partial charge is 0.267 e. The highest BCUT2D eigenvalue weighted by atomic mass is 16.2. The Morgan fingerprint density at radius 3 is 2.05 bits per heavy atom. The molecule has 7 nitrogen and oxygen atoms in total. The molecule has 0 unspecified atom stereocenters. The van der Waals surface area contributed by atoms with Crippen LogP contribution in [0.15, 0.2) is 30.3 Å². The standard InChI is InChI=1S/C12H9N5O2/c13-8-5-9(16-12(14)15-8)17-10(18)6-3-1-2-4-7(6)11(17)19/h1-5H,(H4,13,14,15,16). The molecule has 1 aliphatic rings. The van der Waals surface area contributed by atoms with E-state index < -0.39 is 11.8 Å². The second-order valence-corrected chi connectivity index (χ2v) is 4.00. The van der Waals surface area contributed by atoms with Crippen LogP contribution in [0.25, 0.3) is 0 Å². The van der Waals surface area contributed by atoms with Gasteiger partial charge in [-0.3, -0.25) is 9.59 Å². The molecular weight excluding hydrogens is 246 g/mol. The van der Waals surface area contributed by atoms with Gasteiger partial charge in [-0.1, -0.05) is 12.1 Å². The predicted molar refractivity (Wildman–Crippen MR) is 68.4 cm³/mol. The van der Waals surface area contributed by atoms with E-state index in [-0.39, 0.29) is 17.6 Å². The van der Waals surface area contributed by atoms with Crippen molar-refractivity contribution >= 4 is 29.4 Å². The number of carbonyl (C=O) groups excluding carboxylic acids is 2. The monoisotopic (exact) mass is 255 g/mol. The number of imide groups is 1. The summed E-state index contributed by atoms with van der Waals surface area (Å²) in [6.07, 6.45) is 0.